The number of halogens is 1. The van der Waals surface area contributed by atoms with E-state index in [1.54, 1.807) is 101 Å². The Balaban J connectivity index is 0.000000129. The fraction of sp³-hybridized carbons (Fsp3) is 0.386. The molecule has 35 heteroatoms. The minimum absolute atomic E-state index is 0.285. The highest BCUT2D eigenvalue weighted by Crippen LogP contribution is 2.51. The summed E-state index contributed by atoms with van der Waals surface area (Å²) < 4.78 is 72.6. The van der Waals surface area contributed by atoms with Crippen molar-refractivity contribution in [2.45, 2.75) is 209 Å². The van der Waals surface area contributed by atoms with Crippen molar-refractivity contribution in [3.8, 4) is 126 Å². The standard InChI is InChI=1S/C25H30N2O4S.C24H28N2O4S.C21H22N2O4S.C19H18N2O2S.C16H23BO3.C9H7BrN2OS/c1-15-16-9-7-13-30-18(16)12-11-17(15)20-21(19-10-8-14-32-19)26-27(5)22(20)23(24(28)29-6)31-25(2,3)4;1-14-15-8-6-12-29-17(15)11-10-16(14)19-20(18-9-7-13-31-18)25-26(5)21(19)22(23(27)28)30-24(2,3)4;1-12-13-6-4-10-27-15(13)9-8-14(12)17-18(16-7-5-11-28-16)22-23(2)19(17)20(24)21(25)26-3;1-12-13-5-3-9-23-16(13)8-7-14(12)18-15(11-22)21(2)20-19(18)17-6-4-10-24-17;1-11-12-7-6-10-18-14(12)9-8-13(11)17-19-15(2,3)16(4,5)20-17;1-12-6(5-13)8(10)9(11-12)7-3-2-4-14-7/h8,10-12,14,23H,7,9,13H2,1-6H3;7,9-11,13,22H,6,8,12H2,1-5H3,(H,27,28);5,7-9,11,20,24H,4,6,10H2,1-3H3;4,6-8,10-11H,3,5,9H2,1-2H3;8-9H,6-7,10H2,1-5H3;2-5H,1H3. The lowest BCUT2D eigenvalue weighted by molar-refractivity contribution is -0.165. The van der Waals surface area contributed by atoms with Gasteiger partial charge in [0, 0.05) is 57.5 Å². The second-order valence-corrected chi connectivity index (χ2v) is 45.7. The molecule has 2 N–H and O–H groups in total. The third-order valence-corrected chi connectivity index (χ3v) is 32.9. The van der Waals surface area contributed by atoms with Crippen LogP contribution in [-0.4, -0.2) is 166 Å². The molecule has 6 aliphatic rings. The molecule has 0 amide bonds. The van der Waals surface area contributed by atoms with Crippen molar-refractivity contribution in [2.24, 2.45) is 35.2 Å². The zero-order valence-corrected chi connectivity index (χ0v) is 94.0. The van der Waals surface area contributed by atoms with Crippen LogP contribution in [0.4, 0.5) is 0 Å². The monoisotopic (exact) mass is 2170 g/mol. The lowest BCUT2D eigenvalue weighted by Crippen LogP contribution is -2.41. The molecule has 0 radical (unpaired) electrons. The number of aliphatic hydroxyl groups excluding tert-OH is 1. The molecule has 0 bridgehead atoms. The van der Waals surface area contributed by atoms with E-state index in [0.29, 0.717) is 28.5 Å². The van der Waals surface area contributed by atoms with Gasteiger partial charge in [0.25, 0.3) is 0 Å². The summed E-state index contributed by atoms with van der Waals surface area (Å²) in [5, 5.41) is 54.0. The van der Waals surface area contributed by atoms with Gasteiger partial charge < -0.3 is 62.2 Å². The summed E-state index contributed by atoms with van der Waals surface area (Å²) in [6.45, 7) is 34.0. The fourth-order valence-corrected chi connectivity index (χ4v) is 24.0. The average molecular weight is 2180 g/mol. The SMILES string of the molecule is COC(=O)C(O)c1c(-c2ccc3c(c2C)CCCO3)c(-c2cccs2)nn1C.COC(=O)C(OC(C)(C)C)c1c(-c2ccc3c(c2C)CCCO3)c(-c2cccs2)nn1C.Cc1c(-c2c(-c3cccs3)nn(C)c2C(OC(C)(C)C)C(=O)O)ccc2c1CCCO2.Cc1c(-c2c(-c3cccs3)nn(C)c2C=O)ccc2c1CCCO2.Cc1c(B2OC(C)(C)C(C)(C)O2)ccc2c1CCCO2.Cn1nc(-c2cccs2)c(Br)c1C=O. The van der Waals surface area contributed by atoms with Crippen LogP contribution in [0.5, 0.6) is 28.7 Å². The Kier molecular flexibility index (Phi) is 34.0. The first-order chi connectivity index (χ1) is 71.2. The quantitative estimate of drug-likeness (QED) is 0.0407. The van der Waals surface area contributed by atoms with E-state index in [4.69, 9.17) is 62.1 Å². The van der Waals surface area contributed by atoms with E-state index < -0.39 is 47.4 Å². The molecule has 1 fully saturated rings. The van der Waals surface area contributed by atoms with E-state index >= 15 is 0 Å². The van der Waals surface area contributed by atoms with Gasteiger partial charge in [0.1, 0.15) is 68.6 Å². The number of aldehydes is 2. The molecule has 1 saturated heterocycles. The van der Waals surface area contributed by atoms with Crippen molar-refractivity contribution in [1.29, 1.82) is 0 Å². The highest BCUT2D eigenvalue weighted by molar-refractivity contribution is 9.10. The van der Waals surface area contributed by atoms with Gasteiger partial charge in [-0.05, 0) is 355 Å². The van der Waals surface area contributed by atoms with Crippen molar-refractivity contribution < 1.29 is 86.1 Å². The molecule has 5 aromatic carbocycles. The Morgan fingerprint density at radius 3 is 1.01 bits per heavy atom. The average Bonchev–Trinajstić information content (AvgIpc) is 1.62. The predicted molar refractivity (Wildman–Crippen MR) is 592 cm³/mol. The highest BCUT2D eigenvalue weighted by Gasteiger charge is 2.53. The Morgan fingerprint density at radius 2 is 0.691 bits per heavy atom. The molecule has 3 atom stereocenters. The van der Waals surface area contributed by atoms with Crippen LogP contribution in [0.1, 0.15) is 213 Å². The van der Waals surface area contributed by atoms with E-state index in [9.17, 15) is 34.2 Å². The molecule has 0 aliphatic carbocycles. The largest absolute Gasteiger partial charge is 0.495 e. The molecule has 10 aromatic heterocycles. The van der Waals surface area contributed by atoms with Gasteiger partial charge in [0.15, 0.2) is 30.9 Å². The van der Waals surface area contributed by atoms with Crippen LogP contribution in [0.3, 0.4) is 0 Å². The highest BCUT2D eigenvalue weighted by atomic mass is 79.9. The topological polar surface area (TPSA) is 316 Å². The van der Waals surface area contributed by atoms with E-state index in [2.05, 4.69) is 124 Å². The number of nitrogens with zero attached hydrogens (tertiary/aromatic N) is 10. The molecule has 21 rings (SSSR count). The number of aryl methyl sites for hydroxylation is 5. The maximum atomic E-state index is 12.9. The lowest BCUT2D eigenvalue weighted by Gasteiger charge is -2.32. The van der Waals surface area contributed by atoms with Gasteiger partial charge in [-0.3, -0.25) is 33.0 Å². The first-order valence-electron chi connectivity index (χ1n) is 49.8. The normalized spacial score (nSPS) is 15.2. The number of aliphatic carboxylic acids is 1. The first kappa shape index (κ1) is 109. The van der Waals surface area contributed by atoms with E-state index in [1.165, 1.54) is 53.2 Å². The number of ether oxygens (including phenoxy) is 9. The summed E-state index contributed by atoms with van der Waals surface area (Å²) in [5.74, 6) is 2.57. The van der Waals surface area contributed by atoms with E-state index in [-0.39, 0.29) is 18.3 Å². The van der Waals surface area contributed by atoms with Crippen molar-refractivity contribution >= 4 is 116 Å². The molecule has 3 unspecified atom stereocenters. The van der Waals surface area contributed by atoms with Crippen molar-refractivity contribution in [1.82, 2.24) is 48.9 Å². The minimum Gasteiger partial charge on any atom is -0.493 e. The van der Waals surface area contributed by atoms with Gasteiger partial charge in [-0.15, -0.1) is 56.7 Å². The molecule has 15 aromatic rings. The van der Waals surface area contributed by atoms with E-state index in [0.717, 1.165) is 263 Å². The maximum absolute atomic E-state index is 12.9. The molecule has 0 saturated carbocycles. The number of esters is 2. The third-order valence-electron chi connectivity index (χ3n) is 27.7. The maximum Gasteiger partial charge on any atom is 0.495 e. The summed E-state index contributed by atoms with van der Waals surface area (Å²) in [6, 6.07) is 40.3. The van der Waals surface area contributed by atoms with Crippen LogP contribution in [0.15, 0.2) is 153 Å². The number of carboxylic acid groups (broad SMARTS) is 1. The molecule has 149 heavy (non-hydrogen) atoms. The number of hydrogen-bond acceptors (Lipinski definition) is 27. The molecule has 6 aliphatic heterocycles. The Bertz CT molecular complexity index is 7350. The summed E-state index contributed by atoms with van der Waals surface area (Å²) in [6.07, 6.45) is 8.22. The molecule has 782 valence electrons. The zero-order chi connectivity index (χ0) is 107. The number of hydrogen-bond donors (Lipinski definition) is 2. The fourth-order valence-electron chi connectivity index (χ4n) is 19.7. The number of fused-ring (bicyclic) bond motifs is 5. The number of aliphatic hydroxyl groups is 1. The molecule has 16 heterocycles. The summed E-state index contributed by atoms with van der Waals surface area (Å²) in [4.78, 5) is 65.0. The Morgan fingerprint density at radius 1 is 0.403 bits per heavy atom. The Labute approximate surface area is 898 Å². The number of carbonyl (C=O) groups is 5. The van der Waals surface area contributed by atoms with Crippen LogP contribution in [0, 0.1) is 34.6 Å². The Hall–Kier alpha value is -12.3. The van der Waals surface area contributed by atoms with Gasteiger partial charge in [-0.25, -0.2) is 14.4 Å². The van der Waals surface area contributed by atoms with Crippen LogP contribution in [0.2, 0.25) is 0 Å². The van der Waals surface area contributed by atoms with Crippen LogP contribution >= 0.6 is 72.6 Å². The number of thiophene rings is 5. The van der Waals surface area contributed by atoms with Crippen molar-refractivity contribution in [2.75, 3.05) is 47.3 Å². The molecule has 0 spiro atoms. The van der Waals surface area contributed by atoms with E-state index in [1.807, 2.05) is 174 Å². The zero-order valence-electron chi connectivity index (χ0n) is 88.3. The van der Waals surface area contributed by atoms with Gasteiger partial charge >= 0.3 is 25.0 Å². The molecular formula is C114H128BBrN10O18S5. The van der Waals surface area contributed by atoms with Crippen LogP contribution in [0.25, 0.3) is 97.4 Å². The minimum atomic E-state index is -1.42. The molecular weight excluding hydrogens is 2050 g/mol. The first-order valence-corrected chi connectivity index (χ1v) is 55.0. The number of carbonyl (C=O) groups excluding carboxylic acids is 4. The number of methoxy groups -OCH3 is 2. The van der Waals surface area contributed by atoms with Gasteiger partial charge in [-0.2, -0.15) is 25.5 Å². The van der Waals surface area contributed by atoms with Crippen molar-refractivity contribution in [3.63, 3.8) is 0 Å². The van der Waals surface area contributed by atoms with Gasteiger partial charge in [-0.1, -0.05) is 60.7 Å². The summed E-state index contributed by atoms with van der Waals surface area (Å²) >= 11 is 11.4. The van der Waals surface area contributed by atoms with Gasteiger partial charge in [0.05, 0.1) is 116 Å². The summed E-state index contributed by atoms with van der Waals surface area (Å²) in [7, 11) is 11.3. The smallest absolute Gasteiger partial charge is 0.493 e. The predicted octanol–water partition coefficient (Wildman–Crippen LogP) is 24.1. The number of aromatic nitrogens is 10. The van der Waals surface area contributed by atoms with Crippen molar-refractivity contribution in [3.05, 3.63) is 237 Å². The number of carboxylic acids is 1. The molecule has 28 nitrogen and oxygen atoms in total. The van der Waals surface area contributed by atoms with Crippen LogP contribution in [-0.2, 0) is 110 Å². The van der Waals surface area contributed by atoms with Crippen LogP contribution < -0.4 is 29.1 Å². The number of rotatable bonds is 20. The number of benzene rings is 5. The third kappa shape index (κ3) is 23.2. The lowest BCUT2D eigenvalue weighted by atomic mass is 9.74. The van der Waals surface area contributed by atoms with Gasteiger partial charge in [0.2, 0.25) is 0 Å². The second-order valence-electron chi connectivity index (χ2n) is 40.2. The second kappa shape index (κ2) is 46.3. The summed E-state index contributed by atoms with van der Waals surface area (Å²) in [5.41, 5.74) is 25.5.